The molecule has 0 aliphatic carbocycles. The Morgan fingerprint density at radius 2 is 1.88 bits per heavy atom. The van der Waals surface area contributed by atoms with Crippen LogP contribution in [0.4, 0.5) is 0 Å². The van der Waals surface area contributed by atoms with Crippen LogP contribution in [-0.4, -0.2) is 23.0 Å². The van der Waals surface area contributed by atoms with Gasteiger partial charge in [0.25, 0.3) is 5.56 Å². The number of halogens is 1. The summed E-state index contributed by atoms with van der Waals surface area (Å²) < 4.78 is 12.9. The fourth-order valence-electron chi connectivity index (χ4n) is 3.26. The lowest BCUT2D eigenvalue weighted by Gasteiger charge is -2.13. The summed E-state index contributed by atoms with van der Waals surface area (Å²) in [5, 5.41) is 4.48. The fraction of sp³-hybridized carbons (Fsp3) is 0.125. The standard InChI is InChI=1S/C24H20BrN3O4/c1-15-6-5-7-16(10-15)14-32-22-12-19(25)17(11-21(22)31-2)13-26-28-23(29)18-8-3-4-9-20(18)27-24(28)30/h3-13H,14H2,1-2H3,(H,27,30). The highest BCUT2D eigenvalue weighted by molar-refractivity contribution is 9.10. The molecule has 1 aromatic heterocycles. The Morgan fingerprint density at radius 3 is 2.66 bits per heavy atom. The van der Waals surface area contributed by atoms with Gasteiger partial charge in [0.2, 0.25) is 0 Å². The van der Waals surface area contributed by atoms with Gasteiger partial charge in [-0.05, 0) is 52.7 Å². The molecule has 0 bridgehead atoms. The van der Waals surface area contributed by atoms with E-state index in [9.17, 15) is 9.59 Å². The number of nitrogens with zero attached hydrogens (tertiary/aromatic N) is 2. The highest BCUT2D eigenvalue weighted by atomic mass is 79.9. The lowest BCUT2D eigenvalue weighted by Crippen LogP contribution is -2.32. The van der Waals surface area contributed by atoms with Crippen LogP contribution in [0.25, 0.3) is 10.9 Å². The van der Waals surface area contributed by atoms with Gasteiger partial charge in [-0.15, -0.1) is 4.68 Å². The molecular formula is C24H20BrN3O4. The third kappa shape index (κ3) is 4.50. The minimum atomic E-state index is -0.619. The topological polar surface area (TPSA) is 85.7 Å². The molecule has 162 valence electrons. The molecular weight excluding hydrogens is 474 g/mol. The lowest BCUT2D eigenvalue weighted by molar-refractivity contribution is 0.284. The Labute approximate surface area is 192 Å². The maximum absolute atomic E-state index is 12.6. The molecule has 0 atom stereocenters. The molecule has 3 aromatic carbocycles. The number of hydrogen-bond donors (Lipinski definition) is 1. The van der Waals surface area contributed by atoms with Crippen molar-refractivity contribution in [1.29, 1.82) is 0 Å². The molecule has 7 nitrogen and oxygen atoms in total. The Balaban J connectivity index is 1.64. The van der Waals surface area contributed by atoms with E-state index in [4.69, 9.17) is 9.47 Å². The fourth-order valence-corrected chi connectivity index (χ4v) is 3.69. The van der Waals surface area contributed by atoms with E-state index in [1.165, 1.54) is 6.21 Å². The maximum Gasteiger partial charge on any atom is 0.349 e. The number of benzene rings is 3. The molecule has 0 amide bonds. The summed E-state index contributed by atoms with van der Waals surface area (Å²) in [7, 11) is 1.54. The van der Waals surface area contributed by atoms with Crippen LogP contribution in [-0.2, 0) is 6.61 Å². The van der Waals surface area contributed by atoms with Gasteiger partial charge in [0.15, 0.2) is 11.5 Å². The molecule has 4 rings (SSSR count). The van der Waals surface area contributed by atoms with Crippen molar-refractivity contribution in [3.8, 4) is 11.5 Å². The number of aromatic nitrogens is 2. The molecule has 0 spiro atoms. The van der Waals surface area contributed by atoms with E-state index in [2.05, 4.69) is 32.1 Å². The van der Waals surface area contributed by atoms with Crippen molar-refractivity contribution in [3.63, 3.8) is 0 Å². The Bertz CT molecular complexity index is 1440. The van der Waals surface area contributed by atoms with Crippen molar-refractivity contribution in [1.82, 2.24) is 9.66 Å². The number of methoxy groups -OCH3 is 1. The molecule has 0 aliphatic rings. The van der Waals surface area contributed by atoms with Crippen molar-refractivity contribution in [2.24, 2.45) is 5.10 Å². The summed E-state index contributed by atoms with van der Waals surface area (Å²) in [5.74, 6) is 1.06. The van der Waals surface area contributed by atoms with Crippen LogP contribution in [0.5, 0.6) is 11.5 Å². The summed E-state index contributed by atoms with van der Waals surface area (Å²) >= 11 is 3.50. The monoisotopic (exact) mass is 493 g/mol. The summed E-state index contributed by atoms with van der Waals surface area (Å²) in [4.78, 5) is 27.6. The van der Waals surface area contributed by atoms with E-state index in [0.29, 0.717) is 39.0 Å². The summed E-state index contributed by atoms with van der Waals surface area (Å²) in [5.41, 5.74) is 2.16. The number of rotatable bonds is 6. The van der Waals surface area contributed by atoms with Crippen molar-refractivity contribution in [2.45, 2.75) is 13.5 Å². The van der Waals surface area contributed by atoms with Crippen molar-refractivity contribution < 1.29 is 9.47 Å². The molecule has 0 unspecified atom stereocenters. The van der Waals surface area contributed by atoms with Crippen LogP contribution in [0.3, 0.4) is 0 Å². The molecule has 0 aliphatic heterocycles. The number of para-hydroxylation sites is 1. The normalized spacial score (nSPS) is 11.2. The number of ether oxygens (including phenoxy) is 2. The number of hydrogen-bond acceptors (Lipinski definition) is 5. The number of aryl methyl sites for hydroxylation is 1. The molecule has 4 aromatic rings. The molecule has 1 N–H and O–H groups in total. The van der Waals surface area contributed by atoms with Gasteiger partial charge >= 0.3 is 5.69 Å². The first-order valence-corrected chi connectivity index (χ1v) is 10.6. The zero-order valence-corrected chi connectivity index (χ0v) is 19.0. The zero-order valence-electron chi connectivity index (χ0n) is 17.5. The second kappa shape index (κ2) is 9.23. The van der Waals surface area contributed by atoms with Gasteiger partial charge in [0, 0.05) is 10.0 Å². The predicted molar refractivity (Wildman–Crippen MR) is 128 cm³/mol. The second-order valence-corrected chi connectivity index (χ2v) is 7.99. The van der Waals surface area contributed by atoms with Crippen LogP contribution in [0.2, 0.25) is 0 Å². The van der Waals surface area contributed by atoms with Crippen molar-refractivity contribution >= 4 is 33.0 Å². The first kappa shape index (κ1) is 21.6. The van der Waals surface area contributed by atoms with E-state index < -0.39 is 11.2 Å². The Hall–Kier alpha value is -3.65. The number of H-pyrrole nitrogens is 1. The SMILES string of the molecule is COc1cc(C=Nn2c(=O)[nH]c3ccccc3c2=O)c(Br)cc1OCc1cccc(C)c1. The van der Waals surface area contributed by atoms with E-state index in [1.807, 2.05) is 25.1 Å². The van der Waals surface area contributed by atoms with Gasteiger partial charge in [0.05, 0.1) is 24.2 Å². The van der Waals surface area contributed by atoms with Gasteiger partial charge in [0.1, 0.15) is 6.61 Å². The van der Waals surface area contributed by atoms with E-state index >= 15 is 0 Å². The van der Waals surface area contributed by atoms with Gasteiger partial charge in [-0.1, -0.05) is 42.0 Å². The zero-order chi connectivity index (χ0) is 22.7. The third-order valence-corrected chi connectivity index (χ3v) is 5.54. The Morgan fingerprint density at radius 1 is 1.06 bits per heavy atom. The van der Waals surface area contributed by atoms with Gasteiger partial charge in [-0.3, -0.25) is 4.79 Å². The minimum absolute atomic E-state index is 0.376. The molecule has 0 radical (unpaired) electrons. The van der Waals surface area contributed by atoms with Crippen LogP contribution in [0.1, 0.15) is 16.7 Å². The van der Waals surface area contributed by atoms with Gasteiger partial charge in [-0.2, -0.15) is 5.10 Å². The molecule has 1 heterocycles. The predicted octanol–water partition coefficient (Wildman–Crippen LogP) is 4.23. The highest BCUT2D eigenvalue weighted by Crippen LogP contribution is 2.33. The second-order valence-electron chi connectivity index (χ2n) is 7.14. The molecule has 0 saturated heterocycles. The van der Waals surface area contributed by atoms with Gasteiger partial charge in [-0.25, -0.2) is 4.79 Å². The lowest BCUT2D eigenvalue weighted by atomic mass is 10.1. The van der Waals surface area contributed by atoms with Crippen molar-refractivity contribution in [3.05, 3.63) is 103 Å². The summed E-state index contributed by atoms with van der Waals surface area (Å²) in [6.07, 6.45) is 1.42. The Kier molecular flexibility index (Phi) is 6.23. The minimum Gasteiger partial charge on any atom is -0.493 e. The van der Waals surface area contributed by atoms with Crippen LogP contribution in [0, 0.1) is 6.92 Å². The van der Waals surface area contributed by atoms with E-state index in [-0.39, 0.29) is 0 Å². The maximum atomic E-state index is 12.6. The smallest absolute Gasteiger partial charge is 0.349 e. The first-order chi connectivity index (χ1) is 15.5. The van der Waals surface area contributed by atoms with Gasteiger partial charge < -0.3 is 14.5 Å². The van der Waals surface area contributed by atoms with Crippen molar-refractivity contribution in [2.75, 3.05) is 7.11 Å². The average Bonchev–Trinajstić information content (AvgIpc) is 2.78. The van der Waals surface area contributed by atoms with Crippen LogP contribution < -0.4 is 20.7 Å². The quantitative estimate of drug-likeness (QED) is 0.407. The van der Waals surface area contributed by atoms with E-state index in [0.717, 1.165) is 15.8 Å². The molecule has 0 saturated carbocycles. The molecule has 32 heavy (non-hydrogen) atoms. The summed E-state index contributed by atoms with van der Waals surface area (Å²) in [6.45, 7) is 2.42. The first-order valence-electron chi connectivity index (χ1n) is 9.80. The average molecular weight is 494 g/mol. The largest absolute Gasteiger partial charge is 0.493 e. The third-order valence-electron chi connectivity index (χ3n) is 4.86. The van der Waals surface area contributed by atoms with Crippen LogP contribution in [0.15, 0.2) is 79.8 Å². The van der Waals surface area contributed by atoms with E-state index in [1.54, 1.807) is 43.5 Å². The molecule has 0 fully saturated rings. The highest BCUT2D eigenvalue weighted by Gasteiger charge is 2.11. The number of nitrogens with one attached hydrogen (secondary N) is 1. The number of fused-ring (bicyclic) bond motifs is 1. The van der Waals surface area contributed by atoms with Crippen LogP contribution >= 0.6 is 15.9 Å². The number of aromatic amines is 1. The summed E-state index contributed by atoms with van der Waals surface area (Å²) in [6, 6.07) is 18.3. The molecule has 8 heteroatoms.